The summed E-state index contributed by atoms with van der Waals surface area (Å²) in [5.41, 5.74) is 1.25. The first-order chi connectivity index (χ1) is 11.5. The smallest absolute Gasteiger partial charge is 0.312 e. The number of ketones is 1. The Morgan fingerprint density at radius 2 is 2.25 bits per heavy atom. The lowest BCUT2D eigenvalue weighted by molar-refractivity contribution is -0.206. The minimum absolute atomic E-state index is 0.0461. The molecule has 4 atom stereocenters. The maximum atomic E-state index is 12.7. The highest BCUT2D eigenvalue weighted by molar-refractivity contribution is 5.96. The van der Waals surface area contributed by atoms with Gasteiger partial charge in [0.1, 0.15) is 6.26 Å². The maximum Gasteiger partial charge on any atom is 0.312 e. The van der Waals surface area contributed by atoms with Gasteiger partial charge in [-0.25, -0.2) is 0 Å². The van der Waals surface area contributed by atoms with Gasteiger partial charge in [0.2, 0.25) is 0 Å². The number of carbonyl (C=O) groups excluding carboxylic acids is 2. The molecule has 0 N–H and O–H groups in total. The van der Waals surface area contributed by atoms with Gasteiger partial charge < -0.3 is 9.15 Å². The summed E-state index contributed by atoms with van der Waals surface area (Å²) in [6, 6.07) is 1.72. The molecule has 1 aromatic rings. The number of furan rings is 1. The molecule has 2 aliphatic carbocycles. The predicted molar refractivity (Wildman–Crippen MR) is 88.4 cm³/mol. The van der Waals surface area contributed by atoms with Crippen LogP contribution in [0.25, 0.3) is 0 Å². The van der Waals surface area contributed by atoms with E-state index in [2.05, 4.69) is 13.5 Å². The Kier molecular flexibility index (Phi) is 3.48. The van der Waals surface area contributed by atoms with Crippen LogP contribution in [0.2, 0.25) is 0 Å². The van der Waals surface area contributed by atoms with E-state index in [-0.39, 0.29) is 23.1 Å². The van der Waals surface area contributed by atoms with Crippen molar-refractivity contribution in [2.45, 2.75) is 45.4 Å². The van der Waals surface area contributed by atoms with Gasteiger partial charge in [-0.3, -0.25) is 9.59 Å². The molecule has 3 aliphatic rings. The fraction of sp³-hybridized carbons (Fsp3) is 0.600. The first-order valence-corrected chi connectivity index (χ1v) is 8.88. The van der Waals surface area contributed by atoms with Crippen LogP contribution in [0.15, 0.2) is 35.2 Å². The van der Waals surface area contributed by atoms with Gasteiger partial charge >= 0.3 is 5.97 Å². The van der Waals surface area contributed by atoms with Gasteiger partial charge in [-0.05, 0) is 50.5 Å². The van der Waals surface area contributed by atoms with E-state index in [9.17, 15) is 9.59 Å². The first kappa shape index (κ1) is 15.7. The minimum Gasteiger partial charge on any atom is -0.472 e. The van der Waals surface area contributed by atoms with Crippen LogP contribution in [0.5, 0.6) is 0 Å². The number of esters is 1. The Morgan fingerprint density at radius 3 is 3.00 bits per heavy atom. The quantitative estimate of drug-likeness (QED) is 0.475. The van der Waals surface area contributed by atoms with Crippen molar-refractivity contribution in [2.75, 3.05) is 6.61 Å². The summed E-state index contributed by atoms with van der Waals surface area (Å²) in [5, 5.41) is 0. The number of hydrogen-bond acceptors (Lipinski definition) is 4. The van der Waals surface area contributed by atoms with E-state index in [0.29, 0.717) is 24.5 Å². The second-order valence-corrected chi connectivity index (χ2v) is 8.02. The van der Waals surface area contributed by atoms with Gasteiger partial charge in [0, 0.05) is 11.8 Å². The average molecular weight is 328 g/mol. The summed E-state index contributed by atoms with van der Waals surface area (Å²) < 4.78 is 10.7. The Hall–Kier alpha value is -1.84. The van der Waals surface area contributed by atoms with E-state index in [1.165, 1.54) is 12.5 Å². The van der Waals surface area contributed by atoms with Crippen molar-refractivity contribution in [3.63, 3.8) is 0 Å². The van der Waals surface area contributed by atoms with E-state index in [1.807, 2.05) is 0 Å². The number of hydrogen-bond donors (Lipinski definition) is 0. The lowest BCUT2D eigenvalue weighted by Gasteiger charge is -2.61. The molecule has 0 amide bonds. The minimum atomic E-state index is -0.395. The van der Waals surface area contributed by atoms with Gasteiger partial charge in [0.05, 0.1) is 23.8 Å². The summed E-state index contributed by atoms with van der Waals surface area (Å²) in [5.74, 6) is 0.434. The van der Waals surface area contributed by atoms with Gasteiger partial charge in [0.15, 0.2) is 5.78 Å². The number of Topliss-reactive ketones (excluding diaryl/α,β-unsaturated/α-hetero) is 1. The number of ether oxygens (including phenoxy) is 1. The molecular weight excluding hydrogens is 304 g/mol. The van der Waals surface area contributed by atoms with Crippen molar-refractivity contribution in [1.29, 1.82) is 0 Å². The lowest BCUT2D eigenvalue weighted by Crippen LogP contribution is -2.61. The fourth-order valence-electron chi connectivity index (χ4n) is 5.66. The van der Waals surface area contributed by atoms with Crippen LogP contribution in [0.4, 0.5) is 0 Å². The summed E-state index contributed by atoms with van der Waals surface area (Å²) in [7, 11) is 0. The van der Waals surface area contributed by atoms with Gasteiger partial charge in [-0.2, -0.15) is 0 Å². The maximum absolute atomic E-state index is 12.7. The second-order valence-electron chi connectivity index (χ2n) is 8.02. The van der Waals surface area contributed by atoms with Crippen molar-refractivity contribution >= 4 is 11.8 Å². The van der Waals surface area contributed by atoms with Crippen LogP contribution in [0.3, 0.4) is 0 Å². The van der Waals surface area contributed by atoms with Crippen LogP contribution in [-0.2, 0) is 9.53 Å². The normalized spacial score (nSPS) is 38.4. The number of rotatable bonds is 3. The second kappa shape index (κ2) is 5.33. The van der Waals surface area contributed by atoms with Crippen LogP contribution in [0, 0.1) is 22.7 Å². The molecule has 0 radical (unpaired) electrons. The van der Waals surface area contributed by atoms with Crippen molar-refractivity contribution in [2.24, 2.45) is 22.7 Å². The highest BCUT2D eigenvalue weighted by atomic mass is 16.5. The molecule has 3 fully saturated rings. The van der Waals surface area contributed by atoms with Crippen LogP contribution in [0.1, 0.15) is 55.8 Å². The molecule has 4 heteroatoms. The van der Waals surface area contributed by atoms with Gasteiger partial charge in [0.25, 0.3) is 0 Å². The highest BCUT2D eigenvalue weighted by Crippen LogP contribution is 2.64. The largest absolute Gasteiger partial charge is 0.472 e. The third-order valence-electron chi connectivity index (χ3n) is 6.91. The number of cyclic esters (lactones) is 1. The number of allylic oxidation sites excluding steroid dienone is 1. The predicted octanol–water partition coefficient (Wildman–Crippen LogP) is 4.17. The third-order valence-corrected chi connectivity index (χ3v) is 6.91. The number of carbonyl (C=O) groups is 2. The van der Waals surface area contributed by atoms with E-state index in [0.717, 1.165) is 37.7 Å². The van der Waals surface area contributed by atoms with Crippen LogP contribution < -0.4 is 0 Å². The van der Waals surface area contributed by atoms with Crippen molar-refractivity contribution < 1.29 is 18.7 Å². The molecule has 1 aliphatic heterocycles. The molecule has 4 nitrogen and oxygen atoms in total. The zero-order chi connectivity index (χ0) is 16.9. The zero-order valence-corrected chi connectivity index (χ0v) is 14.2. The Morgan fingerprint density at radius 1 is 1.42 bits per heavy atom. The van der Waals surface area contributed by atoms with E-state index in [4.69, 9.17) is 9.15 Å². The van der Waals surface area contributed by atoms with Crippen LogP contribution >= 0.6 is 0 Å². The van der Waals surface area contributed by atoms with Crippen molar-refractivity contribution in [3.8, 4) is 0 Å². The molecule has 2 bridgehead atoms. The van der Waals surface area contributed by atoms with E-state index >= 15 is 0 Å². The van der Waals surface area contributed by atoms with Crippen molar-refractivity contribution in [1.82, 2.24) is 0 Å². The highest BCUT2D eigenvalue weighted by Gasteiger charge is 2.63. The van der Waals surface area contributed by atoms with Crippen molar-refractivity contribution in [3.05, 3.63) is 36.3 Å². The molecule has 1 saturated heterocycles. The molecule has 2 heterocycles. The summed E-state index contributed by atoms with van der Waals surface area (Å²) in [6.45, 7) is 6.79. The summed E-state index contributed by atoms with van der Waals surface area (Å²) in [6.07, 6.45) is 8.29. The molecule has 2 saturated carbocycles. The monoisotopic (exact) mass is 328 g/mol. The Bertz CT molecular complexity index is 689. The SMILES string of the molecule is C=C1CCC2[C@@]3(CCC[C@@]2(C)C(=O)OC3)[C@@H]1CC(=O)c1ccoc1. The molecule has 0 spiro atoms. The molecule has 24 heavy (non-hydrogen) atoms. The molecule has 1 aromatic heterocycles. The standard InChI is InChI=1S/C20H24O4/c1-13-4-5-17-19(2)7-3-8-20(17,12-24-18(19)22)15(13)10-16(21)14-6-9-23-11-14/h6,9,11,15,17H,1,3-5,7-8,10,12H2,2H3/t15-,17?,19-,20-/m1/s1. The van der Waals surface area contributed by atoms with Gasteiger partial charge in [-0.1, -0.05) is 18.6 Å². The Labute approximate surface area is 142 Å². The fourth-order valence-corrected chi connectivity index (χ4v) is 5.66. The van der Waals surface area contributed by atoms with Crippen LogP contribution in [-0.4, -0.2) is 18.4 Å². The third kappa shape index (κ3) is 2.04. The average Bonchev–Trinajstić information content (AvgIpc) is 3.09. The molecule has 4 rings (SSSR count). The summed E-state index contributed by atoms with van der Waals surface area (Å²) in [4.78, 5) is 25.1. The molecule has 0 aromatic carbocycles. The molecule has 128 valence electrons. The molecular formula is C20H24O4. The van der Waals surface area contributed by atoms with Gasteiger partial charge in [-0.15, -0.1) is 0 Å². The topological polar surface area (TPSA) is 56.5 Å². The first-order valence-electron chi connectivity index (χ1n) is 8.88. The lowest BCUT2D eigenvalue weighted by atomic mass is 9.45. The molecule has 1 unspecified atom stereocenters. The Balaban J connectivity index is 1.69. The van der Waals surface area contributed by atoms with E-state index in [1.54, 1.807) is 6.07 Å². The zero-order valence-electron chi connectivity index (χ0n) is 14.2. The summed E-state index contributed by atoms with van der Waals surface area (Å²) >= 11 is 0. The van der Waals surface area contributed by atoms with E-state index < -0.39 is 5.41 Å².